The monoisotopic (exact) mass is 287 g/mol. The van der Waals surface area contributed by atoms with Gasteiger partial charge >= 0.3 is 5.97 Å². The summed E-state index contributed by atoms with van der Waals surface area (Å²) in [6.07, 6.45) is -0.730. The number of amides is 1. The van der Waals surface area contributed by atoms with E-state index in [1.807, 2.05) is 0 Å². The zero-order valence-corrected chi connectivity index (χ0v) is 10.5. The van der Waals surface area contributed by atoms with Crippen LogP contribution >= 0.6 is 0 Å². The smallest absolute Gasteiger partial charge is 0.328 e. The van der Waals surface area contributed by atoms with Gasteiger partial charge in [-0.15, -0.1) is 0 Å². The molecule has 1 aromatic rings. The second-order valence-corrected chi connectivity index (χ2v) is 3.99. The Morgan fingerprint density at radius 2 is 2.05 bits per heavy atom. The van der Waals surface area contributed by atoms with Gasteiger partial charge in [-0.2, -0.15) is 0 Å². The highest BCUT2D eigenvalue weighted by Crippen LogP contribution is 2.14. The number of carboxylic acids is 1. The third-order valence-electron chi connectivity index (χ3n) is 2.40. The van der Waals surface area contributed by atoms with E-state index in [1.165, 1.54) is 6.07 Å². The second-order valence-electron chi connectivity index (χ2n) is 3.99. The fourth-order valence-corrected chi connectivity index (χ4v) is 1.47. The summed E-state index contributed by atoms with van der Waals surface area (Å²) in [5.41, 5.74) is -0.0985. The van der Waals surface area contributed by atoms with Crippen LogP contribution in [0.1, 0.15) is 15.9 Å². The molecule has 0 unspecified atom stereocenters. The summed E-state index contributed by atoms with van der Waals surface area (Å²) in [5.74, 6) is -2.96. The normalized spacial score (nSPS) is 11.1. The Kier molecular flexibility index (Phi) is 5.31. The molecule has 1 N–H and O–H groups in total. The van der Waals surface area contributed by atoms with E-state index in [0.717, 1.165) is 36.2 Å². The van der Waals surface area contributed by atoms with Gasteiger partial charge in [0.25, 0.3) is 12.3 Å². The minimum atomic E-state index is -2.70. The van der Waals surface area contributed by atoms with Gasteiger partial charge in [0.1, 0.15) is 5.82 Å². The van der Waals surface area contributed by atoms with Gasteiger partial charge in [-0.1, -0.05) is 6.07 Å². The van der Waals surface area contributed by atoms with Gasteiger partial charge < -0.3 is 10.0 Å². The predicted octanol–water partition coefficient (Wildman–Crippen LogP) is 2.26. The number of hydrogen-bond donors (Lipinski definition) is 1. The number of alkyl halides is 2. The summed E-state index contributed by atoms with van der Waals surface area (Å²) in [5, 5.41) is 8.43. The third-order valence-corrected chi connectivity index (χ3v) is 2.40. The number of carbonyl (C=O) groups is 2. The van der Waals surface area contributed by atoms with Gasteiger partial charge in [-0.05, 0) is 23.8 Å². The summed E-state index contributed by atoms with van der Waals surface area (Å²) in [4.78, 5) is 22.7. The molecule has 0 heterocycles. The van der Waals surface area contributed by atoms with Crippen molar-refractivity contribution in [2.24, 2.45) is 0 Å². The number of hydrogen-bond acceptors (Lipinski definition) is 2. The van der Waals surface area contributed by atoms with Gasteiger partial charge in [-0.3, -0.25) is 4.79 Å². The molecule has 0 radical (unpaired) electrons. The highest BCUT2D eigenvalue weighted by atomic mass is 19.3. The van der Waals surface area contributed by atoms with Crippen LogP contribution in [0.3, 0.4) is 0 Å². The average molecular weight is 287 g/mol. The quantitative estimate of drug-likeness (QED) is 0.845. The van der Waals surface area contributed by atoms with E-state index in [2.05, 4.69) is 0 Å². The molecule has 0 saturated carbocycles. The third kappa shape index (κ3) is 4.42. The van der Waals surface area contributed by atoms with Crippen LogP contribution in [0.25, 0.3) is 6.08 Å². The van der Waals surface area contributed by atoms with Crippen molar-refractivity contribution in [3.63, 3.8) is 0 Å². The van der Waals surface area contributed by atoms with Crippen molar-refractivity contribution in [3.05, 3.63) is 41.2 Å². The van der Waals surface area contributed by atoms with Crippen LogP contribution in [0.15, 0.2) is 24.3 Å². The molecular weight excluding hydrogens is 275 g/mol. The van der Waals surface area contributed by atoms with E-state index in [9.17, 15) is 22.8 Å². The molecule has 0 aliphatic rings. The number of halogens is 3. The Balaban J connectivity index is 2.93. The first-order valence-electron chi connectivity index (χ1n) is 5.55. The summed E-state index contributed by atoms with van der Waals surface area (Å²) >= 11 is 0. The molecule has 0 aromatic heterocycles. The Morgan fingerprint density at radius 1 is 1.40 bits per heavy atom. The second kappa shape index (κ2) is 6.74. The SMILES string of the molecule is CN(CC(F)F)C(=O)c1ccc(/C=C/C(=O)O)cc1F. The van der Waals surface area contributed by atoms with Crippen molar-refractivity contribution in [2.45, 2.75) is 6.43 Å². The Morgan fingerprint density at radius 3 is 2.55 bits per heavy atom. The molecular formula is C13H12F3NO3. The fourth-order valence-electron chi connectivity index (χ4n) is 1.47. The van der Waals surface area contributed by atoms with Gasteiger partial charge in [0, 0.05) is 13.1 Å². The van der Waals surface area contributed by atoms with Gasteiger partial charge in [0.05, 0.1) is 12.1 Å². The van der Waals surface area contributed by atoms with Crippen molar-refractivity contribution in [1.29, 1.82) is 0 Å². The van der Waals surface area contributed by atoms with E-state index < -0.39 is 30.7 Å². The maximum absolute atomic E-state index is 13.7. The summed E-state index contributed by atoms with van der Waals surface area (Å²) in [6, 6.07) is 3.41. The van der Waals surface area contributed by atoms with Gasteiger partial charge in [0.2, 0.25) is 0 Å². The molecule has 0 atom stereocenters. The van der Waals surface area contributed by atoms with E-state index in [-0.39, 0.29) is 11.1 Å². The number of rotatable bonds is 5. The maximum atomic E-state index is 13.7. The first-order valence-corrected chi connectivity index (χ1v) is 5.55. The zero-order valence-electron chi connectivity index (χ0n) is 10.5. The van der Waals surface area contributed by atoms with Crippen LogP contribution in [-0.4, -0.2) is 41.9 Å². The van der Waals surface area contributed by atoms with Gasteiger partial charge in [-0.25, -0.2) is 18.0 Å². The highest BCUT2D eigenvalue weighted by Gasteiger charge is 2.19. The highest BCUT2D eigenvalue weighted by molar-refractivity contribution is 5.94. The molecule has 0 spiro atoms. The molecule has 0 bridgehead atoms. The fraction of sp³-hybridized carbons (Fsp3) is 0.231. The molecule has 1 rings (SSSR count). The topological polar surface area (TPSA) is 57.6 Å². The molecule has 7 heteroatoms. The maximum Gasteiger partial charge on any atom is 0.328 e. The van der Waals surface area contributed by atoms with Crippen molar-refractivity contribution in [3.8, 4) is 0 Å². The van der Waals surface area contributed by atoms with Crippen molar-refractivity contribution >= 4 is 18.0 Å². The average Bonchev–Trinajstić information content (AvgIpc) is 2.34. The molecule has 0 aliphatic heterocycles. The van der Waals surface area contributed by atoms with Crippen molar-refractivity contribution < 1.29 is 27.9 Å². The van der Waals surface area contributed by atoms with E-state index in [0.29, 0.717) is 0 Å². The van der Waals surface area contributed by atoms with Crippen molar-refractivity contribution in [1.82, 2.24) is 4.90 Å². The molecule has 0 fully saturated rings. The summed E-state index contributed by atoms with van der Waals surface area (Å²) in [7, 11) is 1.15. The van der Waals surface area contributed by atoms with Crippen LogP contribution in [0.2, 0.25) is 0 Å². The minimum Gasteiger partial charge on any atom is -0.478 e. The standard InChI is InChI=1S/C13H12F3NO3/c1-17(7-11(15)16)13(20)9-4-2-8(6-10(9)14)3-5-12(18)19/h2-6,11H,7H2,1H3,(H,18,19)/b5-3+. The lowest BCUT2D eigenvalue weighted by atomic mass is 10.1. The Labute approximate surface area is 113 Å². The zero-order chi connectivity index (χ0) is 15.3. The summed E-state index contributed by atoms with van der Waals surface area (Å²) < 4.78 is 38.0. The Hall–Kier alpha value is -2.31. The molecule has 20 heavy (non-hydrogen) atoms. The minimum absolute atomic E-state index is 0.248. The van der Waals surface area contributed by atoms with E-state index in [4.69, 9.17) is 5.11 Å². The first-order chi connectivity index (χ1) is 9.31. The summed E-state index contributed by atoms with van der Waals surface area (Å²) in [6.45, 7) is -0.793. The lowest BCUT2D eigenvalue weighted by Gasteiger charge is -2.16. The Bertz CT molecular complexity index is 544. The van der Waals surface area contributed by atoms with Crippen LogP contribution < -0.4 is 0 Å². The lowest BCUT2D eigenvalue weighted by Crippen LogP contribution is -2.31. The number of benzene rings is 1. The van der Waals surface area contributed by atoms with E-state index in [1.54, 1.807) is 0 Å². The molecule has 4 nitrogen and oxygen atoms in total. The molecule has 108 valence electrons. The van der Waals surface area contributed by atoms with E-state index >= 15 is 0 Å². The van der Waals surface area contributed by atoms with Gasteiger partial charge in [0.15, 0.2) is 0 Å². The van der Waals surface area contributed by atoms with Crippen LogP contribution in [-0.2, 0) is 4.79 Å². The van der Waals surface area contributed by atoms with Crippen molar-refractivity contribution in [2.75, 3.05) is 13.6 Å². The van der Waals surface area contributed by atoms with Crippen LogP contribution in [0.4, 0.5) is 13.2 Å². The number of carboxylic acid groups (broad SMARTS) is 1. The van der Waals surface area contributed by atoms with Crippen LogP contribution in [0, 0.1) is 5.82 Å². The predicted molar refractivity (Wildman–Crippen MR) is 66.0 cm³/mol. The molecule has 0 aliphatic carbocycles. The molecule has 1 aromatic carbocycles. The van der Waals surface area contributed by atoms with Crippen LogP contribution in [0.5, 0.6) is 0 Å². The number of carbonyl (C=O) groups excluding carboxylic acids is 1. The largest absolute Gasteiger partial charge is 0.478 e. The number of nitrogens with zero attached hydrogens (tertiary/aromatic N) is 1. The number of aliphatic carboxylic acids is 1. The lowest BCUT2D eigenvalue weighted by molar-refractivity contribution is -0.131. The first kappa shape index (κ1) is 15.7. The molecule has 1 amide bonds. The molecule has 0 saturated heterocycles.